The van der Waals surface area contributed by atoms with Crippen molar-refractivity contribution >= 4 is 5.91 Å². The molecule has 0 bridgehead atoms. The highest BCUT2D eigenvalue weighted by Gasteiger charge is 2.40. The number of rotatable bonds is 4. The molecule has 2 aliphatic rings. The summed E-state index contributed by atoms with van der Waals surface area (Å²) in [6.45, 7) is 4.44. The summed E-state index contributed by atoms with van der Waals surface area (Å²) in [5.41, 5.74) is 3.28. The molecule has 2 aliphatic heterocycles. The Morgan fingerprint density at radius 2 is 1.82 bits per heavy atom. The number of nitrogens with zero attached hydrogens (tertiary/aromatic N) is 2. The number of carbonyl (C=O) groups is 1. The third-order valence-corrected chi connectivity index (χ3v) is 6.23. The van der Waals surface area contributed by atoms with Crippen LogP contribution in [0.3, 0.4) is 0 Å². The molecule has 0 spiro atoms. The predicted molar refractivity (Wildman–Crippen MR) is 107 cm³/mol. The number of aryl methyl sites for hydroxylation is 1. The van der Waals surface area contributed by atoms with Crippen LogP contribution in [0.2, 0.25) is 0 Å². The molecule has 1 amide bonds. The number of amides is 1. The summed E-state index contributed by atoms with van der Waals surface area (Å²) in [5.74, 6) is 0.150. The standard InChI is InChI=1S/C23H27FN2O2/c1-16-4-2-3-5-18(16)14-26-13-11-22(23(26)28)25-12-10-20(21(24)15-25)17-6-8-19(27)9-7-17/h2-9,20-22,27H,10-15H2,1H3/t20-,21+,22?/m1/s1. The van der Waals surface area contributed by atoms with Gasteiger partial charge in [0, 0.05) is 25.6 Å². The largest absolute Gasteiger partial charge is 0.508 e. The Balaban J connectivity index is 1.38. The number of carbonyl (C=O) groups excluding carboxylic acids is 1. The highest BCUT2D eigenvalue weighted by atomic mass is 19.1. The minimum Gasteiger partial charge on any atom is -0.508 e. The zero-order chi connectivity index (χ0) is 19.7. The summed E-state index contributed by atoms with van der Waals surface area (Å²) >= 11 is 0. The van der Waals surface area contributed by atoms with Gasteiger partial charge in [0.1, 0.15) is 11.9 Å². The molecule has 0 aliphatic carbocycles. The lowest BCUT2D eigenvalue weighted by Gasteiger charge is -2.37. The van der Waals surface area contributed by atoms with E-state index in [2.05, 4.69) is 19.1 Å². The van der Waals surface area contributed by atoms with Crippen LogP contribution < -0.4 is 0 Å². The van der Waals surface area contributed by atoms with E-state index in [4.69, 9.17) is 0 Å². The first-order valence-corrected chi connectivity index (χ1v) is 10.0. The number of phenolic OH excluding ortho intramolecular Hbond substituents is 1. The Morgan fingerprint density at radius 1 is 1.07 bits per heavy atom. The molecule has 4 nitrogen and oxygen atoms in total. The van der Waals surface area contributed by atoms with E-state index >= 15 is 0 Å². The van der Waals surface area contributed by atoms with Crippen LogP contribution in [-0.2, 0) is 11.3 Å². The quantitative estimate of drug-likeness (QED) is 0.878. The van der Waals surface area contributed by atoms with Gasteiger partial charge in [0.25, 0.3) is 0 Å². The molecule has 28 heavy (non-hydrogen) atoms. The summed E-state index contributed by atoms with van der Waals surface area (Å²) in [7, 11) is 0. The first-order chi connectivity index (χ1) is 13.5. The average molecular weight is 382 g/mol. The van der Waals surface area contributed by atoms with E-state index in [1.165, 1.54) is 11.1 Å². The van der Waals surface area contributed by atoms with E-state index < -0.39 is 6.17 Å². The second-order valence-electron chi connectivity index (χ2n) is 7.99. The number of likely N-dealkylation sites (tertiary alicyclic amines) is 2. The molecule has 1 N–H and O–H groups in total. The number of piperidine rings is 1. The Labute approximate surface area is 165 Å². The fourth-order valence-electron chi connectivity index (χ4n) is 4.52. The maximum Gasteiger partial charge on any atom is 0.240 e. The Bertz CT molecular complexity index is 839. The molecule has 2 fully saturated rings. The molecule has 3 atom stereocenters. The number of benzene rings is 2. The number of halogens is 1. The minimum absolute atomic E-state index is 0.124. The molecule has 0 saturated carbocycles. The summed E-state index contributed by atoms with van der Waals surface area (Å²) in [4.78, 5) is 16.9. The molecule has 2 aromatic rings. The number of phenols is 1. The van der Waals surface area contributed by atoms with Crippen LogP contribution in [0.4, 0.5) is 4.39 Å². The summed E-state index contributed by atoms with van der Waals surface area (Å²) in [6.07, 6.45) is 0.450. The van der Waals surface area contributed by atoms with E-state index in [0.717, 1.165) is 25.1 Å². The van der Waals surface area contributed by atoms with Crippen molar-refractivity contribution in [1.82, 2.24) is 9.80 Å². The summed E-state index contributed by atoms with van der Waals surface area (Å²) in [5, 5.41) is 9.44. The second-order valence-corrected chi connectivity index (χ2v) is 7.99. The molecule has 0 aromatic heterocycles. The van der Waals surface area contributed by atoms with Crippen molar-refractivity contribution < 1.29 is 14.3 Å². The van der Waals surface area contributed by atoms with Crippen LogP contribution in [0.25, 0.3) is 0 Å². The van der Waals surface area contributed by atoms with Gasteiger partial charge >= 0.3 is 0 Å². The van der Waals surface area contributed by atoms with Gasteiger partial charge in [0.2, 0.25) is 5.91 Å². The van der Waals surface area contributed by atoms with Gasteiger partial charge in [-0.05, 0) is 55.1 Å². The van der Waals surface area contributed by atoms with E-state index in [1.807, 2.05) is 21.9 Å². The van der Waals surface area contributed by atoms with Crippen molar-refractivity contribution in [3.05, 3.63) is 65.2 Å². The molecule has 0 radical (unpaired) electrons. The maximum atomic E-state index is 14.9. The van der Waals surface area contributed by atoms with Gasteiger partial charge in [0.05, 0.1) is 6.04 Å². The topological polar surface area (TPSA) is 43.8 Å². The third kappa shape index (κ3) is 3.76. The van der Waals surface area contributed by atoms with Crippen LogP contribution in [0, 0.1) is 6.92 Å². The lowest BCUT2D eigenvalue weighted by molar-refractivity contribution is -0.133. The van der Waals surface area contributed by atoms with Gasteiger partial charge in [-0.25, -0.2) is 4.39 Å². The Morgan fingerprint density at radius 3 is 2.54 bits per heavy atom. The van der Waals surface area contributed by atoms with Crippen molar-refractivity contribution in [3.8, 4) is 5.75 Å². The van der Waals surface area contributed by atoms with Crippen molar-refractivity contribution in [3.63, 3.8) is 0 Å². The number of hydrogen-bond donors (Lipinski definition) is 1. The lowest BCUT2D eigenvalue weighted by Crippen LogP contribution is -2.49. The highest BCUT2D eigenvalue weighted by molar-refractivity contribution is 5.84. The second kappa shape index (κ2) is 7.92. The molecule has 2 aromatic carbocycles. The van der Waals surface area contributed by atoms with Gasteiger partial charge < -0.3 is 10.0 Å². The molecular weight excluding hydrogens is 355 g/mol. The molecule has 4 rings (SSSR count). The number of aromatic hydroxyl groups is 1. The van der Waals surface area contributed by atoms with Gasteiger partial charge in [0.15, 0.2) is 0 Å². The Hall–Kier alpha value is -2.40. The number of alkyl halides is 1. The number of hydrogen-bond acceptors (Lipinski definition) is 3. The SMILES string of the molecule is Cc1ccccc1CN1CCC(N2CC[C@H](c3ccc(O)cc3)[C@@H](F)C2)C1=O. The molecule has 2 saturated heterocycles. The third-order valence-electron chi connectivity index (χ3n) is 6.23. The van der Waals surface area contributed by atoms with Crippen molar-refractivity contribution in [2.24, 2.45) is 0 Å². The Kier molecular flexibility index (Phi) is 5.36. The van der Waals surface area contributed by atoms with Crippen molar-refractivity contribution in [1.29, 1.82) is 0 Å². The fraction of sp³-hybridized carbons (Fsp3) is 0.435. The maximum absolute atomic E-state index is 14.9. The average Bonchev–Trinajstić information content (AvgIpc) is 3.05. The van der Waals surface area contributed by atoms with Crippen molar-refractivity contribution in [2.45, 2.75) is 44.4 Å². The lowest BCUT2D eigenvalue weighted by atomic mass is 9.87. The smallest absolute Gasteiger partial charge is 0.240 e. The normalized spacial score (nSPS) is 26.0. The fourth-order valence-corrected chi connectivity index (χ4v) is 4.52. The van der Waals surface area contributed by atoms with Crippen LogP contribution in [0.1, 0.15) is 35.4 Å². The highest BCUT2D eigenvalue weighted by Crippen LogP contribution is 2.33. The van der Waals surface area contributed by atoms with E-state index in [-0.39, 0.29) is 23.6 Å². The van der Waals surface area contributed by atoms with Gasteiger partial charge in [-0.2, -0.15) is 0 Å². The van der Waals surface area contributed by atoms with Crippen LogP contribution in [0.5, 0.6) is 5.75 Å². The molecule has 5 heteroatoms. The monoisotopic (exact) mass is 382 g/mol. The van der Waals surface area contributed by atoms with Gasteiger partial charge in [-0.3, -0.25) is 9.69 Å². The summed E-state index contributed by atoms with van der Waals surface area (Å²) in [6, 6.07) is 14.8. The zero-order valence-electron chi connectivity index (χ0n) is 16.2. The predicted octanol–water partition coefficient (Wildman–Crippen LogP) is 3.63. The van der Waals surface area contributed by atoms with Crippen molar-refractivity contribution in [2.75, 3.05) is 19.6 Å². The van der Waals surface area contributed by atoms with E-state index in [9.17, 15) is 14.3 Å². The van der Waals surface area contributed by atoms with Gasteiger partial charge in [-0.15, -0.1) is 0 Å². The van der Waals surface area contributed by atoms with Gasteiger partial charge in [-0.1, -0.05) is 36.4 Å². The summed E-state index contributed by atoms with van der Waals surface area (Å²) < 4.78 is 14.9. The first-order valence-electron chi connectivity index (χ1n) is 10.0. The first kappa shape index (κ1) is 18.9. The zero-order valence-corrected chi connectivity index (χ0v) is 16.2. The van der Waals surface area contributed by atoms with Crippen LogP contribution >= 0.6 is 0 Å². The van der Waals surface area contributed by atoms with E-state index in [1.54, 1.807) is 24.3 Å². The molecule has 2 heterocycles. The molecule has 148 valence electrons. The molecule has 1 unspecified atom stereocenters. The van der Waals surface area contributed by atoms with Crippen LogP contribution in [-0.4, -0.2) is 52.7 Å². The van der Waals surface area contributed by atoms with E-state index in [0.29, 0.717) is 19.5 Å². The van der Waals surface area contributed by atoms with Crippen LogP contribution in [0.15, 0.2) is 48.5 Å². The molecular formula is C23H27FN2O2. The minimum atomic E-state index is -1.00.